The lowest BCUT2D eigenvalue weighted by molar-refractivity contribution is -0.188. The SMILES string of the molecule is CC(C)C[C@H]1C(=O)N(CC(=O)N2c3ccccc3Oc3ccccc32)C[C@H]2N1C(=O)CN(C)N2C(=O)NCc1ccccc1. The van der Waals surface area contributed by atoms with Crippen molar-refractivity contribution in [2.45, 2.75) is 39.0 Å². The first-order valence-corrected chi connectivity index (χ1v) is 14.8. The van der Waals surface area contributed by atoms with Gasteiger partial charge in [-0.25, -0.2) is 14.8 Å². The Kier molecular flexibility index (Phi) is 7.96. The highest BCUT2D eigenvalue weighted by atomic mass is 16.5. The number of hydrazine groups is 1. The molecular formula is C33H36N6O5. The molecule has 0 radical (unpaired) electrons. The van der Waals surface area contributed by atoms with Crippen LogP contribution in [0.1, 0.15) is 25.8 Å². The van der Waals surface area contributed by atoms with Gasteiger partial charge in [0.15, 0.2) is 11.5 Å². The Morgan fingerprint density at radius 2 is 1.52 bits per heavy atom. The summed E-state index contributed by atoms with van der Waals surface area (Å²) in [6, 6.07) is 22.9. The van der Waals surface area contributed by atoms with Gasteiger partial charge in [-0.1, -0.05) is 68.4 Å². The maximum Gasteiger partial charge on any atom is 0.334 e. The molecular weight excluding hydrogens is 560 g/mol. The second kappa shape index (κ2) is 12.0. The predicted molar refractivity (Wildman–Crippen MR) is 164 cm³/mol. The Bertz CT molecular complexity index is 1530. The molecule has 0 spiro atoms. The number of carbonyl (C=O) groups excluding carboxylic acids is 4. The van der Waals surface area contributed by atoms with Crippen LogP contribution in [0.25, 0.3) is 0 Å². The predicted octanol–water partition coefficient (Wildman–Crippen LogP) is 3.94. The number of piperazine rings is 1. The van der Waals surface area contributed by atoms with Crippen LogP contribution in [-0.2, 0) is 20.9 Å². The lowest BCUT2D eigenvalue weighted by atomic mass is 9.97. The third kappa shape index (κ3) is 5.46. The molecule has 1 N–H and O–H groups in total. The number of rotatable bonds is 6. The first-order valence-electron chi connectivity index (χ1n) is 14.8. The molecule has 2 saturated heterocycles. The van der Waals surface area contributed by atoms with E-state index in [4.69, 9.17) is 4.74 Å². The number of fused-ring (bicyclic) bond motifs is 3. The highest BCUT2D eigenvalue weighted by molar-refractivity contribution is 6.06. The number of hydrogen-bond donors (Lipinski definition) is 1. The monoisotopic (exact) mass is 596 g/mol. The van der Waals surface area contributed by atoms with E-state index < -0.39 is 12.2 Å². The number of ether oxygens (including phenoxy) is 1. The number of amides is 5. The zero-order chi connectivity index (χ0) is 31.0. The smallest absolute Gasteiger partial charge is 0.334 e. The van der Waals surface area contributed by atoms with Crippen molar-refractivity contribution < 1.29 is 23.9 Å². The Morgan fingerprint density at radius 3 is 2.16 bits per heavy atom. The Hall–Kier alpha value is -4.90. The fraction of sp³-hybridized carbons (Fsp3) is 0.333. The minimum Gasteiger partial charge on any atom is -0.453 e. The summed E-state index contributed by atoms with van der Waals surface area (Å²) in [5.41, 5.74) is 2.09. The Morgan fingerprint density at radius 1 is 0.909 bits per heavy atom. The van der Waals surface area contributed by atoms with E-state index in [0.29, 0.717) is 35.8 Å². The third-order valence-electron chi connectivity index (χ3n) is 8.14. The number of nitrogens with zero attached hydrogens (tertiary/aromatic N) is 5. The normalized spacial score (nSPS) is 19.7. The average molecular weight is 597 g/mol. The molecule has 3 aromatic carbocycles. The van der Waals surface area contributed by atoms with Crippen molar-refractivity contribution >= 4 is 35.1 Å². The van der Waals surface area contributed by atoms with Crippen molar-refractivity contribution in [3.05, 3.63) is 84.4 Å². The molecule has 2 atom stereocenters. The summed E-state index contributed by atoms with van der Waals surface area (Å²) in [4.78, 5) is 59.9. The maximum atomic E-state index is 14.1. The number of nitrogens with one attached hydrogen (secondary N) is 1. The second-order valence-electron chi connectivity index (χ2n) is 11.7. The van der Waals surface area contributed by atoms with Crippen molar-refractivity contribution in [3.8, 4) is 11.5 Å². The first kappa shape index (κ1) is 29.2. The number of carbonyl (C=O) groups is 4. The lowest BCUT2D eigenvalue weighted by Crippen LogP contribution is -2.76. The van der Waals surface area contributed by atoms with Gasteiger partial charge in [-0.2, -0.15) is 0 Å². The van der Waals surface area contributed by atoms with Crippen molar-refractivity contribution in [1.82, 2.24) is 25.1 Å². The molecule has 11 heteroatoms. The second-order valence-corrected chi connectivity index (χ2v) is 11.7. The van der Waals surface area contributed by atoms with Gasteiger partial charge in [-0.05, 0) is 42.2 Å². The Labute approximate surface area is 256 Å². The lowest BCUT2D eigenvalue weighted by Gasteiger charge is -2.54. The van der Waals surface area contributed by atoms with E-state index >= 15 is 0 Å². The summed E-state index contributed by atoms with van der Waals surface area (Å²) in [6.45, 7) is 3.98. The molecule has 3 heterocycles. The van der Waals surface area contributed by atoms with Crippen molar-refractivity contribution in [2.75, 3.05) is 31.6 Å². The number of hydrogen-bond acceptors (Lipinski definition) is 6. The average Bonchev–Trinajstić information content (AvgIpc) is 3.00. The van der Waals surface area contributed by atoms with Crippen LogP contribution < -0.4 is 15.0 Å². The van der Waals surface area contributed by atoms with Gasteiger partial charge < -0.3 is 19.9 Å². The van der Waals surface area contributed by atoms with Crippen LogP contribution in [0.3, 0.4) is 0 Å². The summed E-state index contributed by atoms with van der Waals surface area (Å²) in [6.07, 6.45) is -0.381. The van der Waals surface area contributed by atoms with Crippen LogP contribution >= 0.6 is 0 Å². The number of likely N-dealkylation sites (N-methyl/N-ethyl adjacent to an activating group) is 1. The van der Waals surface area contributed by atoms with E-state index in [-0.39, 0.29) is 49.3 Å². The molecule has 3 aromatic rings. The molecule has 6 rings (SSSR count). The molecule has 0 unspecified atom stereocenters. The van der Waals surface area contributed by atoms with E-state index in [1.54, 1.807) is 46.1 Å². The van der Waals surface area contributed by atoms with Crippen LogP contribution in [0, 0.1) is 5.92 Å². The number of benzene rings is 3. The van der Waals surface area contributed by atoms with Crippen molar-refractivity contribution in [3.63, 3.8) is 0 Å². The van der Waals surface area contributed by atoms with Gasteiger partial charge in [-0.3, -0.25) is 19.3 Å². The van der Waals surface area contributed by atoms with Gasteiger partial charge >= 0.3 is 6.03 Å². The van der Waals surface area contributed by atoms with Crippen LogP contribution in [0.2, 0.25) is 0 Å². The van der Waals surface area contributed by atoms with Gasteiger partial charge in [0.1, 0.15) is 18.8 Å². The zero-order valence-corrected chi connectivity index (χ0v) is 25.1. The van der Waals surface area contributed by atoms with E-state index in [1.807, 2.05) is 68.4 Å². The van der Waals surface area contributed by atoms with Crippen LogP contribution in [0.5, 0.6) is 11.5 Å². The largest absolute Gasteiger partial charge is 0.453 e. The molecule has 0 aliphatic carbocycles. The summed E-state index contributed by atoms with van der Waals surface area (Å²) in [5.74, 6) is 0.300. The van der Waals surface area contributed by atoms with Gasteiger partial charge in [0.25, 0.3) is 5.91 Å². The molecule has 3 aliphatic heterocycles. The minimum absolute atomic E-state index is 0.0123. The quantitative estimate of drug-likeness (QED) is 0.462. The van der Waals surface area contributed by atoms with E-state index in [9.17, 15) is 19.2 Å². The summed E-state index contributed by atoms with van der Waals surface area (Å²) in [5, 5.41) is 6.04. The highest BCUT2D eigenvalue weighted by Gasteiger charge is 2.51. The molecule has 228 valence electrons. The number of para-hydroxylation sites is 4. The van der Waals surface area contributed by atoms with Crippen LogP contribution in [-0.4, -0.2) is 82.5 Å². The third-order valence-corrected chi connectivity index (χ3v) is 8.14. The van der Waals surface area contributed by atoms with Gasteiger partial charge in [-0.15, -0.1) is 0 Å². The fourth-order valence-electron chi connectivity index (χ4n) is 6.18. The van der Waals surface area contributed by atoms with E-state index in [2.05, 4.69) is 5.32 Å². The summed E-state index contributed by atoms with van der Waals surface area (Å²) < 4.78 is 6.04. The van der Waals surface area contributed by atoms with Gasteiger partial charge in [0, 0.05) is 13.6 Å². The first-order chi connectivity index (χ1) is 21.2. The van der Waals surface area contributed by atoms with Crippen molar-refractivity contribution in [2.24, 2.45) is 5.92 Å². The molecule has 5 amide bonds. The minimum atomic E-state index is -0.809. The zero-order valence-electron chi connectivity index (χ0n) is 25.1. The van der Waals surface area contributed by atoms with Gasteiger partial charge in [0.05, 0.1) is 24.5 Å². The number of urea groups is 1. The van der Waals surface area contributed by atoms with Crippen LogP contribution in [0.4, 0.5) is 16.2 Å². The van der Waals surface area contributed by atoms with Gasteiger partial charge in [0.2, 0.25) is 11.8 Å². The van der Waals surface area contributed by atoms with Crippen molar-refractivity contribution in [1.29, 1.82) is 0 Å². The number of anilines is 2. The molecule has 0 bridgehead atoms. The molecule has 11 nitrogen and oxygen atoms in total. The summed E-state index contributed by atoms with van der Waals surface area (Å²) in [7, 11) is 1.68. The van der Waals surface area contributed by atoms with E-state index in [0.717, 1.165) is 5.56 Å². The van der Waals surface area contributed by atoms with E-state index in [1.165, 1.54) is 9.91 Å². The molecule has 44 heavy (non-hydrogen) atoms. The van der Waals surface area contributed by atoms with Crippen LogP contribution in [0.15, 0.2) is 78.9 Å². The molecule has 0 saturated carbocycles. The molecule has 3 aliphatic rings. The summed E-state index contributed by atoms with van der Waals surface area (Å²) >= 11 is 0. The molecule has 0 aromatic heterocycles. The highest BCUT2D eigenvalue weighted by Crippen LogP contribution is 2.46. The fourth-order valence-corrected chi connectivity index (χ4v) is 6.18. The maximum absolute atomic E-state index is 14.1. The molecule has 2 fully saturated rings. The Balaban J connectivity index is 1.30. The standard InChI is InChI=1S/C33H36N6O5/c1-22(2)17-26-32(42)36(21-31(41)37-24-13-7-9-15-27(24)44-28-16-10-8-14-25(28)37)19-29-38(26)30(40)20-35(3)39(29)33(43)34-18-23-11-5-4-6-12-23/h4-16,22,26,29H,17-21H2,1-3H3,(H,34,43)/t26-,29-/m0/s1. The topological polar surface area (TPSA) is 106 Å².